The zero-order chi connectivity index (χ0) is 16.9. The van der Waals surface area contributed by atoms with Crippen LogP contribution in [0.5, 0.6) is 0 Å². The number of piperidine rings is 1. The van der Waals surface area contributed by atoms with Crippen molar-refractivity contribution >= 4 is 24.2 Å². The van der Waals surface area contributed by atoms with Crippen molar-refractivity contribution < 1.29 is 22.8 Å². The first kappa shape index (κ1) is 22.0. The van der Waals surface area contributed by atoms with E-state index in [-0.39, 0.29) is 31.4 Å². The first-order chi connectivity index (χ1) is 10.2. The number of carbonyl (C=O) groups excluding carboxylic acids is 2. The zero-order valence-electron chi connectivity index (χ0n) is 13.4. The van der Waals surface area contributed by atoms with E-state index in [1.807, 2.05) is 0 Å². The summed E-state index contributed by atoms with van der Waals surface area (Å²) in [7, 11) is 0. The molecule has 0 aromatic heterocycles. The van der Waals surface area contributed by atoms with Gasteiger partial charge in [0.15, 0.2) is 0 Å². The molecule has 2 amide bonds. The number of halogens is 4. The molecule has 1 unspecified atom stereocenters. The van der Waals surface area contributed by atoms with Crippen LogP contribution in [0.4, 0.5) is 13.2 Å². The molecule has 0 spiro atoms. The van der Waals surface area contributed by atoms with Crippen LogP contribution in [0, 0.1) is 5.92 Å². The summed E-state index contributed by atoms with van der Waals surface area (Å²) in [4.78, 5) is 26.6. The van der Waals surface area contributed by atoms with Gasteiger partial charge < -0.3 is 15.5 Å². The predicted octanol–water partition coefficient (Wildman–Crippen LogP) is 1.79. The van der Waals surface area contributed by atoms with Gasteiger partial charge in [-0.25, -0.2) is 0 Å². The van der Waals surface area contributed by atoms with Crippen molar-refractivity contribution in [3.8, 4) is 0 Å². The maximum absolute atomic E-state index is 12.6. The van der Waals surface area contributed by atoms with Crippen LogP contribution in [0.1, 0.15) is 33.1 Å². The number of rotatable bonds is 5. The average molecular weight is 360 g/mol. The summed E-state index contributed by atoms with van der Waals surface area (Å²) in [6.45, 7) is 2.76. The first-order valence-electron chi connectivity index (χ1n) is 7.55. The third-order valence-corrected chi connectivity index (χ3v) is 3.65. The van der Waals surface area contributed by atoms with Crippen LogP contribution in [0.25, 0.3) is 0 Å². The molecule has 0 bridgehead atoms. The molecule has 1 rings (SSSR count). The molecule has 1 aliphatic heterocycles. The van der Waals surface area contributed by atoms with Crippen molar-refractivity contribution in [2.45, 2.75) is 45.3 Å². The van der Waals surface area contributed by atoms with E-state index < -0.39 is 30.6 Å². The number of likely N-dealkylation sites (tertiary alicyclic amines) is 1. The Hall–Kier alpha value is -1.02. The number of hydrogen-bond acceptors (Lipinski definition) is 3. The molecule has 9 heteroatoms. The highest BCUT2D eigenvalue weighted by Gasteiger charge is 2.37. The predicted molar refractivity (Wildman–Crippen MR) is 83.1 cm³/mol. The van der Waals surface area contributed by atoms with Crippen LogP contribution in [0.3, 0.4) is 0 Å². The maximum Gasteiger partial charge on any atom is 0.406 e. The van der Waals surface area contributed by atoms with E-state index in [4.69, 9.17) is 5.73 Å². The molecule has 0 saturated carbocycles. The highest BCUT2D eigenvalue weighted by atomic mass is 35.5. The van der Waals surface area contributed by atoms with Crippen LogP contribution in [-0.2, 0) is 9.59 Å². The van der Waals surface area contributed by atoms with Crippen LogP contribution >= 0.6 is 12.4 Å². The summed E-state index contributed by atoms with van der Waals surface area (Å²) < 4.78 is 37.8. The third-order valence-electron chi connectivity index (χ3n) is 3.65. The fourth-order valence-corrected chi connectivity index (χ4v) is 2.68. The SMILES string of the molecule is CCCN(CC(F)(F)F)C(=O)C1CCCN(C(=O)[C@@H](C)N)C1.Cl. The Balaban J connectivity index is 0.00000484. The van der Waals surface area contributed by atoms with Gasteiger partial charge in [-0.3, -0.25) is 9.59 Å². The molecule has 136 valence electrons. The molecular weight excluding hydrogens is 335 g/mol. The lowest BCUT2D eigenvalue weighted by molar-refractivity contribution is -0.165. The summed E-state index contributed by atoms with van der Waals surface area (Å²) in [5.74, 6) is -1.37. The summed E-state index contributed by atoms with van der Waals surface area (Å²) in [6.07, 6.45) is -2.86. The summed E-state index contributed by atoms with van der Waals surface area (Å²) >= 11 is 0. The molecule has 2 atom stereocenters. The number of nitrogens with two attached hydrogens (primary N) is 1. The summed E-state index contributed by atoms with van der Waals surface area (Å²) in [5.41, 5.74) is 5.54. The molecule has 0 aliphatic carbocycles. The van der Waals surface area contributed by atoms with Gasteiger partial charge in [-0.1, -0.05) is 6.92 Å². The lowest BCUT2D eigenvalue weighted by Gasteiger charge is -2.35. The highest BCUT2D eigenvalue weighted by molar-refractivity contribution is 5.85. The molecule has 1 heterocycles. The van der Waals surface area contributed by atoms with Crippen molar-refractivity contribution in [3.63, 3.8) is 0 Å². The number of amides is 2. The Kier molecular flexibility index (Phi) is 8.90. The lowest BCUT2D eigenvalue weighted by atomic mass is 9.96. The molecule has 1 fully saturated rings. The van der Waals surface area contributed by atoms with Crippen LogP contribution in [0.15, 0.2) is 0 Å². The van der Waals surface area contributed by atoms with Crippen LogP contribution < -0.4 is 5.73 Å². The minimum Gasteiger partial charge on any atom is -0.341 e. The monoisotopic (exact) mass is 359 g/mol. The van der Waals surface area contributed by atoms with Gasteiger partial charge in [0, 0.05) is 19.6 Å². The second-order valence-electron chi connectivity index (χ2n) is 5.79. The largest absolute Gasteiger partial charge is 0.406 e. The van der Waals surface area contributed by atoms with Crippen molar-refractivity contribution in [2.75, 3.05) is 26.2 Å². The Morgan fingerprint density at radius 1 is 1.39 bits per heavy atom. The van der Waals surface area contributed by atoms with E-state index in [0.717, 1.165) is 4.90 Å². The number of alkyl halides is 3. The molecule has 1 saturated heterocycles. The number of hydrogen-bond donors (Lipinski definition) is 1. The molecular formula is C14H25ClF3N3O2. The number of nitrogens with zero attached hydrogens (tertiary/aromatic N) is 2. The van der Waals surface area contributed by atoms with Gasteiger partial charge in [0.1, 0.15) is 6.54 Å². The van der Waals surface area contributed by atoms with Crippen LogP contribution in [0.2, 0.25) is 0 Å². The molecule has 0 aromatic carbocycles. The van der Waals surface area contributed by atoms with Gasteiger partial charge in [0.05, 0.1) is 12.0 Å². The van der Waals surface area contributed by atoms with Crippen molar-refractivity contribution in [3.05, 3.63) is 0 Å². The van der Waals surface area contributed by atoms with E-state index >= 15 is 0 Å². The van der Waals surface area contributed by atoms with Crippen molar-refractivity contribution in [1.29, 1.82) is 0 Å². The Labute approximate surface area is 140 Å². The van der Waals surface area contributed by atoms with Crippen molar-refractivity contribution in [2.24, 2.45) is 11.7 Å². The molecule has 23 heavy (non-hydrogen) atoms. The van der Waals surface area contributed by atoms with Gasteiger partial charge in [-0.15, -0.1) is 12.4 Å². The average Bonchev–Trinajstić information content (AvgIpc) is 2.44. The first-order valence-corrected chi connectivity index (χ1v) is 7.55. The Bertz CT molecular complexity index is 405. The minimum absolute atomic E-state index is 0. The normalized spacial score (nSPS) is 19.7. The molecule has 1 aliphatic rings. The Morgan fingerprint density at radius 2 is 2.00 bits per heavy atom. The Morgan fingerprint density at radius 3 is 2.48 bits per heavy atom. The quantitative estimate of drug-likeness (QED) is 0.814. The number of carbonyl (C=O) groups is 2. The van der Waals surface area contributed by atoms with E-state index in [1.54, 1.807) is 13.8 Å². The van der Waals surface area contributed by atoms with Gasteiger partial charge in [-0.2, -0.15) is 13.2 Å². The van der Waals surface area contributed by atoms with E-state index in [1.165, 1.54) is 4.90 Å². The fourth-order valence-electron chi connectivity index (χ4n) is 2.68. The van der Waals surface area contributed by atoms with Gasteiger partial charge >= 0.3 is 6.18 Å². The van der Waals surface area contributed by atoms with Gasteiger partial charge in [0.25, 0.3) is 0 Å². The minimum atomic E-state index is -4.42. The third kappa shape index (κ3) is 6.95. The molecule has 2 N–H and O–H groups in total. The smallest absolute Gasteiger partial charge is 0.341 e. The molecule has 5 nitrogen and oxygen atoms in total. The van der Waals surface area contributed by atoms with Crippen LogP contribution in [-0.4, -0.2) is 60.0 Å². The van der Waals surface area contributed by atoms with Gasteiger partial charge in [0.2, 0.25) is 11.8 Å². The van der Waals surface area contributed by atoms with Gasteiger partial charge in [-0.05, 0) is 26.2 Å². The van der Waals surface area contributed by atoms with E-state index in [9.17, 15) is 22.8 Å². The summed E-state index contributed by atoms with van der Waals surface area (Å²) in [5, 5.41) is 0. The second-order valence-corrected chi connectivity index (χ2v) is 5.79. The lowest BCUT2D eigenvalue weighted by Crippen LogP contribution is -2.51. The zero-order valence-corrected chi connectivity index (χ0v) is 14.3. The van der Waals surface area contributed by atoms with E-state index in [0.29, 0.717) is 25.8 Å². The topological polar surface area (TPSA) is 66.6 Å². The molecule has 0 radical (unpaired) electrons. The summed E-state index contributed by atoms with van der Waals surface area (Å²) in [6, 6.07) is -0.671. The fraction of sp³-hybridized carbons (Fsp3) is 0.857. The van der Waals surface area contributed by atoms with Crippen molar-refractivity contribution in [1.82, 2.24) is 9.80 Å². The maximum atomic E-state index is 12.6. The second kappa shape index (κ2) is 9.32. The molecule has 0 aromatic rings. The highest BCUT2D eigenvalue weighted by Crippen LogP contribution is 2.23. The standard InChI is InChI=1S/C14H24F3N3O2.ClH/c1-3-6-20(9-14(15,16)17)13(22)11-5-4-7-19(8-11)12(21)10(2)18;/h10-11H,3-9,18H2,1-2H3;1H/t10-,11?;/m1./s1. The van der Waals surface area contributed by atoms with E-state index in [2.05, 4.69) is 0 Å².